The summed E-state index contributed by atoms with van der Waals surface area (Å²) in [4.78, 5) is 9.82. The number of carbonyl (C=O) groups excluding carboxylic acids is 1. The fraction of sp³-hybridized carbons (Fsp3) is 0.400. The number of hydrogen-bond donors (Lipinski definition) is 0. The molecule has 0 unspecified atom stereocenters. The molecule has 1 rings (SSSR count). The van der Waals surface area contributed by atoms with E-state index in [1.54, 1.807) is 0 Å². The molecule has 0 bridgehead atoms. The Morgan fingerprint density at radius 3 is 3.00 bits per heavy atom. The standard InChI is InChI=1S/C5H6N2O2S/c1-4-6-7-5(10-4)9-3-2-8/h2H,3H2,1H3. The minimum absolute atomic E-state index is 0.0502. The fourth-order valence-corrected chi connectivity index (χ4v) is 0.985. The Balaban J connectivity index is 2.49. The van der Waals surface area contributed by atoms with E-state index in [0.29, 0.717) is 11.5 Å². The van der Waals surface area contributed by atoms with Gasteiger partial charge in [0, 0.05) is 0 Å². The molecule has 0 aliphatic rings. The second-order valence-electron chi connectivity index (χ2n) is 1.56. The lowest BCUT2D eigenvalue weighted by Crippen LogP contribution is -1.96. The highest BCUT2D eigenvalue weighted by molar-refractivity contribution is 7.12. The van der Waals surface area contributed by atoms with Crippen molar-refractivity contribution in [2.24, 2.45) is 0 Å². The van der Waals surface area contributed by atoms with Gasteiger partial charge in [0.25, 0.3) is 5.19 Å². The summed E-state index contributed by atoms with van der Waals surface area (Å²) in [6.45, 7) is 1.88. The summed E-state index contributed by atoms with van der Waals surface area (Å²) in [7, 11) is 0. The van der Waals surface area contributed by atoms with E-state index in [1.165, 1.54) is 11.3 Å². The van der Waals surface area contributed by atoms with Crippen LogP contribution < -0.4 is 4.74 Å². The average molecular weight is 158 g/mol. The predicted molar refractivity (Wildman–Crippen MR) is 36.2 cm³/mol. The zero-order chi connectivity index (χ0) is 7.40. The van der Waals surface area contributed by atoms with Gasteiger partial charge in [0.1, 0.15) is 11.6 Å². The molecule has 0 saturated heterocycles. The predicted octanol–water partition coefficient (Wildman–Crippen LogP) is 0.424. The number of aryl methyl sites for hydroxylation is 1. The van der Waals surface area contributed by atoms with Crippen molar-refractivity contribution in [3.05, 3.63) is 5.01 Å². The van der Waals surface area contributed by atoms with Gasteiger partial charge in [-0.15, -0.1) is 10.2 Å². The Morgan fingerprint density at radius 1 is 1.70 bits per heavy atom. The summed E-state index contributed by atoms with van der Waals surface area (Å²) >= 11 is 1.32. The van der Waals surface area contributed by atoms with E-state index in [-0.39, 0.29) is 6.61 Å². The molecule has 0 spiro atoms. The van der Waals surface area contributed by atoms with Gasteiger partial charge in [-0.25, -0.2) is 0 Å². The Bertz CT molecular complexity index is 223. The van der Waals surface area contributed by atoms with Crippen LogP contribution in [0.15, 0.2) is 0 Å². The number of aldehydes is 1. The number of nitrogens with zero attached hydrogens (tertiary/aromatic N) is 2. The Labute approximate surface area is 61.8 Å². The second-order valence-corrected chi connectivity index (χ2v) is 2.71. The highest BCUT2D eigenvalue weighted by atomic mass is 32.1. The van der Waals surface area contributed by atoms with E-state index in [0.717, 1.165) is 5.01 Å². The van der Waals surface area contributed by atoms with Crippen molar-refractivity contribution >= 4 is 17.6 Å². The number of rotatable bonds is 3. The van der Waals surface area contributed by atoms with Crippen molar-refractivity contribution in [3.63, 3.8) is 0 Å². The van der Waals surface area contributed by atoms with E-state index in [9.17, 15) is 4.79 Å². The molecule has 0 radical (unpaired) electrons. The number of ether oxygens (including phenoxy) is 1. The molecule has 4 nitrogen and oxygen atoms in total. The Morgan fingerprint density at radius 2 is 2.50 bits per heavy atom. The normalized spacial score (nSPS) is 9.30. The van der Waals surface area contributed by atoms with Gasteiger partial charge in [-0.2, -0.15) is 0 Å². The van der Waals surface area contributed by atoms with E-state index < -0.39 is 0 Å². The van der Waals surface area contributed by atoms with Crippen LogP contribution in [0.3, 0.4) is 0 Å². The first-order valence-corrected chi connectivity index (χ1v) is 3.51. The molecule has 0 aliphatic carbocycles. The van der Waals surface area contributed by atoms with Crippen molar-refractivity contribution in [1.29, 1.82) is 0 Å². The molecule has 1 heterocycles. The second kappa shape index (κ2) is 3.26. The fourth-order valence-electron chi connectivity index (χ4n) is 0.442. The minimum Gasteiger partial charge on any atom is -0.461 e. The Kier molecular flexibility index (Phi) is 2.33. The van der Waals surface area contributed by atoms with Crippen LogP contribution in [0.4, 0.5) is 0 Å². The van der Waals surface area contributed by atoms with Gasteiger partial charge in [-0.3, -0.25) is 4.79 Å². The number of carbonyl (C=O) groups is 1. The molecule has 0 fully saturated rings. The average Bonchev–Trinajstić information content (AvgIpc) is 2.31. The van der Waals surface area contributed by atoms with Gasteiger partial charge in [0.2, 0.25) is 0 Å². The molecule has 10 heavy (non-hydrogen) atoms. The first-order chi connectivity index (χ1) is 4.83. The molecular weight excluding hydrogens is 152 g/mol. The van der Waals surface area contributed by atoms with Crippen molar-refractivity contribution in [2.75, 3.05) is 6.61 Å². The van der Waals surface area contributed by atoms with Gasteiger partial charge in [-0.1, -0.05) is 11.3 Å². The quantitative estimate of drug-likeness (QED) is 0.598. The zero-order valence-electron chi connectivity index (χ0n) is 5.40. The summed E-state index contributed by atoms with van der Waals surface area (Å²) in [6, 6.07) is 0. The summed E-state index contributed by atoms with van der Waals surface area (Å²) in [6.07, 6.45) is 0.677. The monoisotopic (exact) mass is 158 g/mol. The third-order valence-electron chi connectivity index (χ3n) is 0.782. The molecule has 1 aromatic rings. The van der Waals surface area contributed by atoms with Crippen molar-refractivity contribution < 1.29 is 9.53 Å². The van der Waals surface area contributed by atoms with Gasteiger partial charge in [0.15, 0.2) is 6.29 Å². The van der Waals surface area contributed by atoms with E-state index in [4.69, 9.17) is 4.74 Å². The molecule has 1 aromatic heterocycles. The van der Waals surface area contributed by atoms with Crippen LogP contribution in [0.2, 0.25) is 0 Å². The van der Waals surface area contributed by atoms with Crippen LogP contribution in [0.1, 0.15) is 5.01 Å². The Hall–Kier alpha value is -0.970. The molecule has 0 atom stereocenters. The maximum absolute atomic E-state index is 9.82. The van der Waals surface area contributed by atoms with E-state index in [2.05, 4.69) is 10.2 Å². The zero-order valence-corrected chi connectivity index (χ0v) is 6.22. The smallest absolute Gasteiger partial charge is 0.294 e. The molecule has 0 aromatic carbocycles. The van der Waals surface area contributed by atoms with Crippen molar-refractivity contribution in [2.45, 2.75) is 6.92 Å². The summed E-state index contributed by atoms with van der Waals surface area (Å²) in [5, 5.41) is 8.62. The first-order valence-electron chi connectivity index (χ1n) is 2.69. The van der Waals surface area contributed by atoms with E-state index in [1.807, 2.05) is 6.92 Å². The number of hydrogen-bond acceptors (Lipinski definition) is 5. The van der Waals surface area contributed by atoms with Crippen LogP contribution in [0.5, 0.6) is 5.19 Å². The van der Waals surface area contributed by atoms with Gasteiger partial charge < -0.3 is 4.74 Å². The third kappa shape index (κ3) is 1.77. The lowest BCUT2D eigenvalue weighted by molar-refractivity contribution is -0.109. The lowest BCUT2D eigenvalue weighted by Gasteiger charge is -1.90. The molecule has 5 heteroatoms. The molecule has 0 saturated carbocycles. The van der Waals surface area contributed by atoms with Crippen LogP contribution >= 0.6 is 11.3 Å². The molecule has 54 valence electrons. The molecule has 0 N–H and O–H groups in total. The van der Waals surface area contributed by atoms with Crippen LogP contribution in [0.25, 0.3) is 0 Å². The van der Waals surface area contributed by atoms with Crippen molar-refractivity contribution in [3.8, 4) is 5.19 Å². The van der Waals surface area contributed by atoms with Gasteiger partial charge in [-0.05, 0) is 6.92 Å². The lowest BCUT2D eigenvalue weighted by atomic mass is 10.8. The summed E-state index contributed by atoms with van der Waals surface area (Å²) < 4.78 is 4.85. The highest BCUT2D eigenvalue weighted by Crippen LogP contribution is 2.15. The minimum atomic E-state index is 0.0502. The van der Waals surface area contributed by atoms with Crippen LogP contribution in [-0.4, -0.2) is 23.1 Å². The highest BCUT2D eigenvalue weighted by Gasteiger charge is 1.98. The van der Waals surface area contributed by atoms with Crippen LogP contribution in [-0.2, 0) is 4.79 Å². The van der Waals surface area contributed by atoms with Crippen LogP contribution in [0, 0.1) is 6.92 Å². The molecule has 0 aliphatic heterocycles. The first kappa shape index (κ1) is 7.14. The topological polar surface area (TPSA) is 52.1 Å². The third-order valence-corrected chi connectivity index (χ3v) is 1.53. The van der Waals surface area contributed by atoms with E-state index >= 15 is 0 Å². The maximum Gasteiger partial charge on any atom is 0.294 e. The van der Waals surface area contributed by atoms with Gasteiger partial charge >= 0.3 is 0 Å². The van der Waals surface area contributed by atoms with Crippen molar-refractivity contribution in [1.82, 2.24) is 10.2 Å². The van der Waals surface area contributed by atoms with Gasteiger partial charge in [0.05, 0.1) is 0 Å². The maximum atomic E-state index is 9.82. The summed E-state index contributed by atoms with van der Waals surface area (Å²) in [5.74, 6) is 0. The molecular formula is C5H6N2O2S. The SMILES string of the molecule is Cc1nnc(OCC=O)s1. The summed E-state index contributed by atoms with van der Waals surface area (Å²) in [5.41, 5.74) is 0. The molecule has 0 amide bonds. The number of aromatic nitrogens is 2. The largest absolute Gasteiger partial charge is 0.461 e.